The van der Waals surface area contributed by atoms with Crippen molar-refractivity contribution in [3.8, 4) is 0 Å². The molecule has 1 aromatic rings. The second-order valence-corrected chi connectivity index (χ2v) is 4.00. The summed E-state index contributed by atoms with van der Waals surface area (Å²) < 4.78 is 4.23. The quantitative estimate of drug-likeness (QED) is 0.337. The molecule has 1 heterocycles. The highest BCUT2D eigenvalue weighted by molar-refractivity contribution is 7.09. The molecule has 90 valence electrons. The predicted molar refractivity (Wildman–Crippen MR) is 65.2 cm³/mol. The third kappa shape index (κ3) is 3.34. The summed E-state index contributed by atoms with van der Waals surface area (Å²) in [4.78, 5) is 6.46. The maximum absolute atomic E-state index is 8.45. The number of nitrogens with two attached hydrogens (primary N) is 1. The number of hydrogen-bond donors (Lipinski definition) is 2. The summed E-state index contributed by atoms with van der Waals surface area (Å²) >= 11 is 1.39. The third-order valence-electron chi connectivity index (χ3n) is 2.19. The second-order valence-electron chi connectivity index (χ2n) is 3.27. The van der Waals surface area contributed by atoms with E-state index in [4.69, 9.17) is 10.9 Å². The Hall–Kier alpha value is -1.37. The first-order valence-corrected chi connectivity index (χ1v) is 6.02. The van der Waals surface area contributed by atoms with Crippen molar-refractivity contribution in [2.45, 2.75) is 26.7 Å². The minimum absolute atomic E-state index is 0.235. The Morgan fingerprint density at radius 3 is 2.81 bits per heavy atom. The highest BCUT2D eigenvalue weighted by Crippen LogP contribution is 2.17. The van der Waals surface area contributed by atoms with Crippen LogP contribution >= 0.6 is 11.5 Å². The number of rotatable bonds is 6. The molecule has 1 rings (SSSR count). The zero-order valence-corrected chi connectivity index (χ0v) is 10.4. The molecule has 0 aliphatic carbocycles. The van der Waals surface area contributed by atoms with E-state index in [2.05, 4.69) is 19.4 Å². The molecular formula is C9H17N5OS. The number of aryl methyl sites for hydroxylation is 1. The van der Waals surface area contributed by atoms with Crippen LogP contribution in [0, 0.1) is 0 Å². The van der Waals surface area contributed by atoms with Gasteiger partial charge >= 0.3 is 0 Å². The summed E-state index contributed by atoms with van der Waals surface area (Å²) in [7, 11) is 0. The average molecular weight is 243 g/mol. The first-order chi connectivity index (χ1) is 7.71. The van der Waals surface area contributed by atoms with Crippen LogP contribution in [0.5, 0.6) is 0 Å². The highest BCUT2D eigenvalue weighted by atomic mass is 32.1. The SMILES string of the molecule is CCc1nsc(N(CC)CCC(N)=NO)n1. The molecule has 7 heteroatoms. The van der Waals surface area contributed by atoms with Crippen LogP contribution in [0.4, 0.5) is 5.13 Å². The molecule has 0 unspecified atom stereocenters. The molecule has 3 N–H and O–H groups in total. The van der Waals surface area contributed by atoms with Crippen LogP contribution in [0.15, 0.2) is 5.16 Å². The van der Waals surface area contributed by atoms with Gasteiger partial charge in [0.1, 0.15) is 11.7 Å². The molecule has 0 aliphatic heterocycles. The van der Waals surface area contributed by atoms with Gasteiger partial charge in [-0.1, -0.05) is 12.1 Å². The molecule has 0 radical (unpaired) electrons. The summed E-state index contributed by atoms with van der Waals surface area (Å²) in [6, 6.07) is 0. The van der Waals surface area contributed by atoms with E-state index in [0.717, 1.165) is 23.9 Å². The van der Waals surface area contributed by atoms with Crippen LogP contribution in [0.3, 0.4) is 0 Å². The number of hydrogen-bond acceptors (Lipinski definition) is 6. The van der Waals surface area contributed by atoms with E-state index in [9.17, 15) is 0 Å². The smallest absolute Gasteiger partial charge is 0.205 e. The predicted octanol–water partition coefficient (Wildman–Crippen LogP) is 1.06. The largest absolute Gasteiger partial charge is 0.409 e. The van der Waals surface area contributed by atoms with Crippen LogP contribution in [0.1, 0.15) is 26.1 Å². The fourth-order valence-corrected chi connectivity index (χ4v) is 2.04. The van der Waals surface area contributed by atoms with E-state index in [0.29, 0.717) is 13.0 Å². The first kappa shape index (κ1) is 12.7. The van der Waals surface area contributed by atoms with Crippen LogP contribution in [-0.4, -0.2) is 33.5 Å². The van der Waals surface area contributed by atoms with Gasteiger partial charge in [0.05, 0.1) is 0 Å². The number of oxime groups is 1. The number of anilines is 1. The van der Waals surface area contributed by atoms with E-state index < -0.39 is 0 Å². The summed E-state index contributed by atoms with van der Waals surface area (Å²) in [5.74, 6) is 1.10. The average Bonchev–Trinajstić information content (AvgIpc) is 2.78. The normalized spacial score (nSPS) is 11.8. The molecule has 0 fully saturated rings. The molecule has 0 atom stereocenters. The van der Waals surface area contributed by atoms with Gasteiger partial charge in [-0.2, -0.15) is 4.37 Å². The summed E-state index contributed by atoms with van der Waals surface area (Å²) in [6.07, 6.45) is 1.36. The second kappa shape index (κ2) is 6.26. The molecule has 6 nitrogen and oxygen atoms in total. The molecule has 0 saturated carbocycles. The minimum Gasteiger partial charge on any atom is -0.409 e. The lowest BCUT2D eigenvalue weighted by Crippen LogP contribution is -2.27. The van der Waals surface area contributed by atoms with Gasteiger partial charge in [-0.3, -0.25) is 0 Å². The Bertz CT molecular complexity index is 351. The van der Waals surface area contributed by atoms with Gasteiger partial charge in [0, 0.05) is 37.5 Å². The van der Waals surface area contributed by atoms with Crippen molar-refractivity contribution < 1.29 is 5.21 Å². The lowest BCUT2D eigenvalue weighted by molar-refractivity contribution is 0.317. The van der Waals surface area contributed by atoms with Gasteiger partial charge < -0.3 is 15.8 Å². The first-order valence-electron chi connectivity index (χ1n) is 5.25. The van der Waals surface area contributed by atoms with Crippen molar-refractivity contribution in [3.05, 3.63) is 5.82 Å². The van der Waals surface area contributed by atoms with Crippen molar-refractivity contribution >= 4 is 22.5 Å². The fourth-order valence-electron chi connectivity index (χ4n) is 1.21. The molecular weight excluding hydrogens is 226 g/mol. The summed E-state index contributed by atoms with van der Waals surface area (Å²) in [5.41, 5.74) is 5.43. The van der Waals surface area contributed by atoms with Crippen molar-refractivity contribution in [2.24, 2.45) is 10.9 Å². The topological polar surface area (TPSA) is 87.6 Å². The van der Waals surface area contributed by atoms with Crippen molar-refractivity contribution in [1.29, 1.82) is 0 Å². The Morgan fingerprint density at radius 1 is 1.56 bits per heavy atom. The Balaban J connectivity index is 2.60. The van der Waals surface area contributed by atoms with Crippen molar-refractivity contribution in [3.63, 3.8) is 0 Å². The Morgan fingerprint density at radius 2 is 2.31 bits per heavy atom. The summed E-state index contributed by atoms with van der Waals surface area (Å²) in [6.45, 7) is 5.58. The van der Waals surface area contributed by atoms with E-state index in [1.165, 1.54) is 11.5 Å². The number of aromatic nitrogens is 2. The van der Waals surface area contributed by atoms with Gasteiger partial charge in [0.25, 0.3) is 0 Å². The minimum atomic E-state index is 0.235. The van der Waals surface area contributed by atoms with Crippen molar-refractivity contribution in [1.82, 2.24) is 9.36 Å². The number of nitrogens with zero attached hydrogens (tertiary/aromatic N) is 4. The molecule has 16 heavy (non-hydrogen) atoms. The van der Waals surface area contributed by atoms with Crippen LogP contribution in [0.25, 0.3) is 0 Å². The van der Waals surface area contributed by atoms with Gasteiger partial charge in [0.2, 0.25) is 5.13 Å². The zero-order valence-electron chi connectivity index (χ0n) is 9.55. The van der Waals surface area contributed by atoms with Crippen LogP contribution in [0.2, 0.25) is 0 Å². The van der Waals surface area contributed by atoms with Gasteiger partial charge in [-0.25, -0.2) is 4.98 Å². The third-order valence-corrected chi connectivity index (χ3v) is 3.01. The standard InChI is InChI=1S/C9H17N5OS/c1-3-8-11-9(16-13-8)14(4-2)6-5-7(10)12-15/h15H,3-6H2,1-2H3,(H2,10,12). The van der Waals surface area contributed by atoms with Crippen LogP contribution in [-0.2, 0) is 6.42 Å². The summed E-state index contributed by atoms with van der Waals surface area (Å²) in [5, 5.41) is 12.3. The number of amidine groups is 1. The Labute approximate surface area is 99.0 Å². The van der Waals surface area contributed by atoms with Crippen LogP contribution < -0.4 is 10.6 Å². The maximum Gasteiger partial charge on any atom is 0.205 e. The molecule has 0 aliphatic rings. The molecule has 0 aromatic carbocycles. The Kier molecular flexibility index (Phi) is 4.97. The van der Waals surface area contributed by atoms with E-state index in [-0.39, 0.29) is 5.84 Å². The van der Waals surface area contributed by atoms with Gasteiger partial charge in [0.15, 0.2) is 0 Å². The van der Waals surface area contributed by atoms with E-state index in [1.807, 2.05) is 13.8 Å². The van der Waals surface area contributed by atoms with E-state index in [1.54, 1.807) is 0 Å². The zero-order chi connectivity index (χ0) is 12.0. The molecule has 1 aromatic heterocycles. The monoisotopic (exact) mass is 243 g/mol. The fraction of sp³-hybridized carbons (Fsp3) is 0.667. The maximum atomic E-state index is 8.45. The molecule has 0 saturated heterocycles. The lowest BCUT2D eigenvalue weighted by Gasteiger charge is -2.18. The molecule has 0 spiro atoms. The van der Waals surface area contributed by atoms with Gasteiger partial charge in [-0.15, -0.1) is 0 Å². The molecule has 0 bridgehead atoms. The lowest BCUT2D eigenvalue weighted by atomic mass is 10.3. The van der Waals surface area contributed by atoms with Gasteiger partial charge in [-0.05, 0) is 6.92 Å². The van der Waals surface area contributed by atoms with Crippen molar-refractivity contribution in [2.75, 3.05) is 18.0 Å². The van der Waals surface area contributed by atoms with E-state index >= 15 is 0 Å². The molecule has 0 amide bonds. The highest BCUT2D eigenvalue weighted by Gasteiger charge is 2.10.